The first kappa shape index (κ1) is 10.2. The molecule has 2 aromatic heterocycles. The van der Waals surface area contributed by atoms with E-state index in [1.807, 2.05) is 6.92 Å². The van der Waals surface area contributed by atoms with E-state index >= 15 is 0 Å². The minimum absolute atomic E-state index is 0.161. The highest BCUT2D eigenvalue weighted by Crippen LogP contribution is 2.08. The van der Waals surface area contributed by atoms with Gasteiger partial charge in [-0.3, -0.25) is 4.79 Å². The van der Waals surface area contributed by atoms with E-state index < -0.39 is 0 Å². The van der Waals surface area contributed by atoms with Crippen LogP contribution in [0.4, 0.5) is 0 Å². The molecule has 4 nitrogen and oxygen atoms in total. The molecular weight excluding hydrogens is 216 g/mol. The SMILES string of the molecule is Cc1cc2nc(C)c(CCCl)c(=O)n2o1. The Morgan fingerprint density at radius 1 is 1.53 bits per heavy atom. The third-order valence-corrected chi connectivity index (χ3v) is 2.47. The fourth-order valence-electron chi connectivity index (χ4n) is 1.58. The monoisotopic (exact) mass is 226 g/mol. The van der Waals surface area contributed by atoms with Gasteiger partial charge in [0.05, 0.1) is 0 Å². The van der Waals surface area contributed by atoms with Gasteiger partial charge in [-0.2, -0.15) is 0 Å². The molecule has 0 aromatic carbocycles. The van der Waals surface area contributed by atoms with Crippen molar-refractivity contribution in [1.29, 1.82) is 0 Å². The fraction of sp³-hybridized carbons (Fsp3) is 0.400. The highest BCUT2D eigenvalue weighted by Gasteiger charge is 2.11. The lowest BCUT2D eigenvalue weighted by Gasteiger charge is -2.01. The van der Waals surface area contributed by atoms with Gasteiger partial charge in [-0.05, 0) is 20.3 Å². The molecule has 0 radical (unpaired) electrons. The zero-order valence-corrected chi connectivity index (χ0v) is 9.34. The Bertz CT molecular complexity index is 556. The van der Waals surface area contributed by atoms with Crippen LogP contribution in [0.15, 0.2) is 15.4 Å². The molecule has 0 fully saturated rings. The van der Waals surface area contributed by atoms with Gasteiger partial charge in [-0.1, -0.05) is 0 Å². The minimum Gasteiger partial charge on any atom is -0.375 e. The summed E-state index contributed by atoms with van der Waals surface area (Å²) < 4.78 is 6.45. The van der Waals surface area contributed by atoms with Gasteiger partial charge in [0.2, 0.25) is 0 Å². The van der Waals surface area contributed by atoms with Crippen molar-refractivity contribution in [3.05, 3.63) is 33.4 Å². The van der Waals surface area contributed by atoms with Crippen LogP contribution in [0, 0.1) is 13.8 Å². The maximum Gasteiger partial charge on any atom is 0.290 e. The standard InChI is InChI=1S/C10H11ClN2O2/c1-6-5-9-12-7(2)8(3-4-11)10(14)13(9)15-6/h5H,3-4H2,1-2H3. The summed E-state index contributed by atoms with van der Waals surface area (Å²) in [6.07, 6.45) is 0.516. The minimum atomic E-state index is -0.161. The van der Waals surface area contributed by atoms with E-state index in [1.54, 1.807) is 13.0 Å². The lowest BCUT2D eigenvalue weighted by Crippen LogP contribution is -2.20. The summed E-state index contributed by atoms with van der Waals surface area (Å²) in [6.45, 7) is 3.59. The van der Waals surface area contributed by atoms with Gasteiger partial charge in [0, 0.05) is 23.2 Å². The summed E-state index contributed by atoms with van der Waals surface area (Å²) in [6, 6.07) is 1.73. The Morgan fingerprint density at radius 2 is 2.27 bits per heavy atom. The molecule has 0 aliphatic carbocycles. The zero-order valence-electron chi connectivity index (χ0n) is 8.58. The van der Waals surface area contributed by atoms with Gasteiger partial charge in [-0.15, -0.1) is 16.2 Å². The normalized spacial score (nSPS) is 11.1. The number of alkyl halides is 1. The molecule has 0 saturated heterocycles. The summed E-state index contributed by atoms with van der Waals surface area (Å²) in [5, 5.41) is 0. The van der Waals surface area contributed by atoms with E-state index in [1.165, 1.54) is 4.57 Å². The van der Waals surface area contributed by atoms with Crippen molar-refractivity contribution in [2.45, 2.75) is 20.3 Å². The predicted octanol–water partition coefficient (Wildman–Crippen LogP) is 1.69. The number of rotatable bonds is 2. The van der Waals surface area contributed by atoms with Gasteiger partial charge < -0.3 is 4.52 Å². The summed E-state index contributed by atoms with van der Waals surface area (Å²) in [7, 11) is 0. The van der Waals surface area contributed by atoms with E-state index in [2.05, 4.69) is 4.98 Å². The zero-order chi connectivity index (χ0) is 11.0. The van der Waals surface area contributed by atoms with Crippen LogP contribution in [-0.4, -0.2) is 15.4 Å². The Labute approximate surface area is 91.4 Å². The molecule has 0 N–H and O–H groups in total. The van der Waals surface area contributed by atoms with Crippen LogP contribution < -0.4 is 5.56 Å². The van der Waals surface area contributed by atoms with Crippen molar-refractivity contribution in [1.82, 2.24) is 9.56 Å². The van der Waals surface area contributed by atoms with Crippen LogP contribution in [0.5, 0.6) is 0 Å². The van der Waals surface area contributed by atoms with E-state index in [9.17, 15) is 4.79 Å². The Balaban J connectivity index is 2.77. The number of nitrogens with zero attached hydrogens (tertiary/aromatic N) is 2. The van der Waals surface area contributed by atoms with E-state index in [-0.39, 0.29) is 5.56 Å². The third kappa shape index (κ3) is 1.65. The van der Waals surface area contributed by atoms with Crippen LogP contribution in [0.2, 0.25) is 0 Å². The van der Waals surface area contributed by atoms with Gasteiger partial charge in [0.15, 0.2) is 5.65 Å². The molecular formula is C10H11ClN2O2. The van der Waals surface area contributed by atoms with Crippen molar-refractivity contribution in [2.75, 3.05) is 5.88 Å². The molecule has 0 amide bonds. The molecule has 0 atom stereocenters. The number of hydrogen-bond donors (Lipinski definition) is 0. The molecule has 15 heavy (non-hydrogen) atoms. The van der Waals surface area contributed by atoms with Crippen LogP contribution >= 0.6 is 11.6 Å². The van der Waals surface area contributed by atoms with Gasteiger partial charge in [0.1, 0.15) is 5.76 Å². The quantitative estimate of drug-likeness (QED) is 0.732. The van der Waals surface area contributed by atoms with Crippen LogP contribution in [-0.2, 0) is 6.42 Å². The first-order valence-electron chi connectivity index (χ1n) is 4.68. The summed E-state index contributed by atoms with van der Waals surface area (Å²) >= 11 is 5.63. The van der Waals surface area contributed by atoms with Gasteiger partial charge >= 0.3 is 0 Å². The molecule has 5 heteroatoms. The van der Waals surface area contributed by atoms with Crippen LogP contribution in [0.3, 0.4) is 0 Å². The highest BCUT2D eigenvalue weighted by atomic mass is 35.5. The van der Waals surface area contributed by atoms with Crippen molar-refractivity contribution in [3.8, 4) is 0 Å². The van der Waals surface area contributed by atoms with Crippen LogP contribution in [0.25, 0.3) is 5.65 Å². The Morgan fingerprint density at radius 3 is 2.93 bits per heavy atom. The van der Waals surface area contributed by atoms with Crippen molar-refractivity contribution < 1.29 is 4.52 Å². The number of aryl methyl sites for hydroxylation is 2. The second-order valence-electron chi connectivity index (χ2n) is 3.42. The lowest BCUT2D eigenvalue weighted by molar-refractivity contribution is 0.343. The molecule has 2 rings (SSSR count). The molecule has 0 spiro atoms. The average Bonchev–Trinajstić information content (AvgIpc) is 2.53. The van der Waals surface area contributed by atoms with E-state index in [0.29, 0.717) is 29.3 Å². The summed E-state index contributed by atoms with van der Waals surface area (Å²) in [5.74, 6) is 1.07. The Kier molecular flexibility index (Phi) is 2.52. The first-order valence-corrected chi connectivity index (χ1v) is 5.22. The smallest absolute Gasteiger partial charge is 0.290 e. The number of fused-ring (bicyclic) bond motifs is 1. The highest BCUT2D eigenvalue weighted by molar-refractivity contribution is 6.17. The molecule has 0 saturated carbocycles. The van der Waals surface area contributed by atoms with Crippen molar-refractivity contribution >= 4 is 17.2 Å². The first-order chi connectivity index (χ1) is 7.13. The molecule has 0 aliphatic rings. The summed E-state index contributed by atoms with van der Waals surface area (Å²) in [5.41, 5.74) is 1.73. The van der Waals surface area contributed by atoms with Crippen LogP contribution in [0.1, 0.15) is 17.0 Å². The summed E-state index contributed by atoms with van der Waals surface area (Å²) in [4.78, 5) is 16.2. The Hall–Kier alpha value is -1.29. The molecule has 0 aliphatic heterocycles. The topological polar surface area (TPSA) is 47.5 Å². The second-order valence-corrected chi connectivity index (χ2v) is 3.80. The van der Waals surface area contributed by atoms with Crippen molar-refractivity contribution in [2.24, 2.45) is 0 Å². The number of hydrogen-bond acceptors (Lipinski definition) is 3. The fourth-order valence-corrected chi connectivity index (χ4v) is 1.77. The molecule has 0 unspecified atom stereocenters. The van der Waals surface area contributed by atoms with Gasteiger partial charge in [0.25, 0.3) is 5.56 Å². The molecule has 80 valence electrons. The average molecular weight is 227 g/mol. The van der Waals surface area contributed by atoms with Crippen molar-refractivity contribution in [3.63, 3.8) is 0 Å². The second kappa shape index (κ2) is 3.70. The third-order valence-electron chi connectivity index (χ3n) is 2.28. The number of aromatic nitrogens is 2. The number of halogens is 1. The lowest BCUT2D eigenvalue weighted by atomic mass is 10.2. The largest absolute Gasteiger partial charge is 0.375 e. The predicted molar refractivity (Wildman–Crippen MR) is 57.6 cm³/mol. The van der Waals surface area contributed by atoms with Gasteiger partial charge in [-0.25, -0.2) is 4.98 Å². The van der Waals surface area contributed by atoms with E-state index in [0.717, 1.165) is 5.69 Å². The molecule has 2 aromatic rings. The van der Waals surface area contributed by atoms with E-state index in [4.69, 9.17) is 16.1 Å². The maximum absolute atomic E-state index is 11.9. The molecule has 0 bridgehead atoms. The maximum atomic E-state index is 11.9. The molecule has 2 heterocycles.